The van der Waals surface area contributed by atoms with Crippen molar-refractivity contribution in [1.29, 1.82) is 0 Å². The molecule has 1 aliphatic heterocycles. The molecule has 0 bridgehead atoms. The van der Waals surface area contributed by atoms with E-state index in [-0.39, 0.29) is 23.4 Å². The maximum atomic E-state index is 14.2. The number of rotatable bonds is 9. The van der Waals surface area contributed by atoms with E-state index in [0.29, 0.717) is 54.7 Å². The number of aromatic nitrogens is 1. The highest BCUT2D eigenvalue weighted by molar-refractivity contribution is 7.07. The summed E-state index contributed by atoms with van der Waals surface area (Å²) in [5, 5.41) is 11.0. The van der Waals surface area contributed by atoms with Crippen molar-refractivity contribution in [2.45, 2.75) is 13.0 Å². The van der Waals surface area contributed by atoms with Crippen LogP contribution in [0, 0.1) is 10.1 Å². The highest BCUT2D eigenvalue weighted by atomic mass is 32.1. The zero-order valence-corrected chi connectivity index (χ0v) is 25.8. The van der Waals surface area contributed by atoms with Gasteiger partial charge in [0.25, 0.3) is 11.2 Å². The molecule has 3 heterocycles. The van der Waals surface area contributed by atoms with E-state index >= 15 is 0 Å². The first-order chi connectivity index (χ1) is 22.3. The number of nitrogens with zero attached hydrogens (tertiary/aromatic N) is 3. The van der Waals surface area contributed by atoms with Crippen LogP contribution in [0.1, 0.15) is 29.9 Å². The first-order valence-corrected chi connectivity index (χ1v) is 15.0. The first-order valence-electron chi connectivity index (χ1n) is 14.2. The molecule has 0 spiro atoms. The van der Waals surface area contributed by atoms with Crippen molar-refractivity contribution in [3.8, 4) is 22.8 Å². The molecule has 1 atom stereocenters. The van der Waals surface area contributed by atoms with Gasteiger partial charge in [-0.25, -0.2) is 9.79 Å². The van der Waals surface area contributed by atoms with Crippen molar-refractivity contribution in [2.24, 2.45) is 4.99 Å². The number of hydrogen-bond acceptors (Lipinski definition) is 10. The predicted molar refractivity (Wildman–Crippen MR) is 171 cm³/mol. The lowest BCUT2D eigenvalue weighted by Gasteiger charge is -2.26. The second-order valence-corrected chi connectivity index (χ2v) is 11.1. The summed E-state index contributed by atoms with van der Waals surface area (Å²) in [5.41, 5.74) is 2.11. The van der Waals surface area contributed by atoms with Crippen molar-refractivity contribution >= 4 is 34.8 Å². The number of benzene rings is 3. The van der Waals surface area contributed by atoms with Gasteiger partial charge < -0.3 is 18.6 Å². The van der Waals surface area contributed by atoms with Gasteiger partial charge in [-0.15, -0.1) is 0 Å². The van der Waals surface area contributed by atoms with E-state index in [9.17, 15) is 19.7 Å². The van der Waals surface area contributed by atoms with Crippen LogP contribution in [0.3, 0.4) is 0 Å². The average Bonchev–Trinajstić information content (AvgIpc) is 3.68. The summed E-state index contributed by atoms with van der Waals surface area (Å²) in [5.74, 6) is 1.20. The molecule has 5 aromatic rings. The van der Waals surface area contributed by atoms with E-state index in [4.69, 9.17) is 23.6 Å². The Labute approximate surface area is 266 Å². The van der Waals surface area contributed by atoms with E-state index in [1.165, 1.54) is 30.9 Å². The number of hydrogen-bond donors (Lipinski definition) is 0. The number of carbonyl (C=O) groups is 1. The number of ether oxygens (including phenoxy) is 3. The van der Waals surface area contributed by atoms with Gasteiger partial charge in [-0.1, -0.05) is 47.7 Å². The lowest BCUT2D eigenvalue weighted by molar-refractivity contribution is -0.384. The third-order valence-electron chi connectivity index (χ3n) is 7.36. The van der Waals surface area contributed by atoms with Crippen LogP contribution in [0.5, 0.6) is 11.5 Å². The van der Waals surface area contributed by atoms with Crippen LogP contribution in [0.25, 0.3) is 23.1 Å². The van der Waals surface area contributed by atoms with Gasteiger partial charge in [0.05, 0.1) is 47.6 Å². The van der Waals surface area contributed by atoms with Gasteiger partial charge in [-0.05, 0) is 48.9 Å². The fourth-order valence-electron chi connectivity index (χ4n) is 5.24. The van der Waals surface area contributed by atoms with Gasteiger partial charge in [0.2, 0.25) is 0 Å². The summed E-state index contributed by atoms with van der Waals surface area (Å²) in [6, 6.07) is 23.0. The summed E-state index contributed by atoms with van der Waals surface area (Å²) in [6.45, 7) is 1.85. The molecule has 0 radical (unpaired) electrons. The smallest absolute Gasteiger partial charge is 0.338 e. The minimum atomic E-state index is -0.903. The van der Waals surface area contributed by atoms with Gasteiger partial charge in [0, 0.05) is 29.3 Å². The summed E-state index contributed by atoms with van der Waals surface area (Å²) in [4.78, 5) is 43.7. The van der Waals surface area contributed by atoms with Crippen LogP contribution in [0.15, 0.2) is 105 Å². The van der Waals surface area contributed by atoms with Crippen molar-refractivity contribution < 1.29 is 28.3 Å². The van der Waals surface area contributed by atoms with Crippen molar-refractivity contribution in [1.82, 2.24) is 4.57 Å². The monoisotopic (exact) mass is 637 g/mol. The number of methoxy groups -OCH3 is 2. The molecule has 0 N–H and O–H groups in total. The Morgan fingerprint density at radius 3 is 2.41 bits per heavy atom. The standard InChI is InChI=1S/C34H27N3O8S/c1-4-44-33(39)29-30(21-8-6-5-7-9-21)35-34-36(31(29)22-12-16-26(42-2)27(18-22)43-3)32(38)28(46-34)19-24-15-17-25(45-24)20-10-13-23(14-11-20)37(40)41/h5-19,31H,4H2,1-3H3/b28-19-. The molecular weight excluding hydrogens is 610 g/mol. The SMILES string of the molecule is CCOC(=O)C1=C(c2ccccc2)N=c2s/c(=C\c3ccc(-c4ccc([N+](=O)[O-])cc4)o3)c(=O)n2C1c1ccc(OC)c(OC)c1. The summed E-state index contributed by atoms with van der Waals surface area (Å²) < 4.78 is 24.3. The number of nitro benzene ring substituents is 1. The number of furan rings is 1. The average molecular weight is 638 g/mol. The molecule has 0 saturated heterocycles. The quantitative estimate of drug-likeness (QED) is 0.123. The molecule has 2 aromatic heterocycles. The zero-order valence-electron chi connectivity index (χ0n) is 25.0. The number of carbonyl (C=O) groups excluding carboxylic acids is 1. The molecule has 0 saturated carbocycles. The summed E-state index contributed by atoms with van der Waals surface area (Å²) in [7, 11) is 3.04. The van der Waals surface area contributed by atoms with E-state index in [0.717, 1.165) is 11.3 Å². The minimum Gasteiger partial charge on any atom is -0.493 e. The lowest BCUT2D eigenvalue weighted by Crippen LogP contribution is -2.40. The highest BCUT2D eigenvalue weighted by Crippen LogP contribution is 2.38. The van der Waals surface area contributed by atoms with Gasteiger partial charge in [-0.3, -0.25) is 19.5 Å². The Bertz CT molecular complexity index is 2160. The fraction of sp³-hybridized carbons (Fsp3) is 0.147. The second-order valence-electron chi connectivity index (χ2n) is 10.1. The normalized spacial score (nSPS) is 14.4. The molecule has 6 rings (SSSR count). The Morgan fingerprint density at radius 2 is 1.74 bits per heavy atom. The Kier molecular flexibility index (Phi) is 8.36. The van der Waals surface area contributed by atoms with Crippen LogP contribution in [-0.4, -0.2) is 36.3 Å². The van der Waals surface area contributed by atoms with Gasteiger partial charge in [-0.2, -0.15) is 0 Å². The van der Waals surface area contributed by atoms with Crippen molar-refractivity contribution in [2.75, 3.05) is 20.8 Å². The number of fused-ring (bicyclic) bond motifs is 1. The molecular formula is C34H27N3O8S. The van der Waals surface area contributed by atoms with Crippen LogP contribution in [0.4, 0.5) is 5.69 Å². The number of non-ortho nitro benzene ring substituents is 1. The maximum absolute atomic E-state index is 14.2. The molecule has 0 aliphatic carbocycles. The lowest BCUT2D eigenvalue weighted by atomic mass is 9.93. The molecule has 0 amide bonds. The molecule has 232 valence electrons. The van der Waals surface area contributed by atoms with E-state index in [2.05, 4.69) is 0 Å². The van der Waals surface area contributed by atoms with E-state index in [1.54, 1.807) is 55.5 Å². The highest BCUT2D eigenvalue weighted by Gasteiger charge is 2.35. The largest absolute Gasteiger partial charge is 0.493 e. The third kappa shape index (κ3) is 5.61. The van der Waals surface area contributed by atoms with Crippen molar-refractivity contribution in [3.63, 3.8) is 0 Å². The number of esters is 1. The maximum Gasteiger partial charge on any atom is 0.338 e. The van der Waals surface area contributed by atoms with Crippen LogP contribution < -0.4 is 24.4 Å². The summed E-state index contributed by atoms with van der Waals surface area (Å²) in [6.07, 6.45) is 1.61. The van der Waals surface area contributed by atoms with E-state index in [1.807, 2.05) is 30.3 Å². The van der Waals surface area contributed by atoms with Gasteiger partial charge in [0.1, 0.15) is 11.5 Å². The molecule has 1 unspecified atom stereocenters. The third-order valence-corrected chi connectivity index (χ3v) is 8.34. The van der Waals surface area contributed by atoms with E-state index < -0.39 is 16.9 Å². The van der Waals surface area contributed by atoms with Crippen LogP contribution in [0.2, 0.25) is 0 Å². The van der Waals surface area contributed by atoms with Gasteiger partial charge in [0.15, 0.2) is 16.3 Å². The number of thiazole rings is 1. The molecule has 3 aromatic carbocycles. The first kappa shape index (κ1) is 30.3. The molecule has 0 fully saturated rings. The number of nitro groups is 1. The van der Waals surface area contributed by atoms with Gasteiger partial charge >= 0.3 is 5.97 Å². The predicted octanol–water partition coefficient (Wildman–Crippen LogP) is 5.12. The van der Waals surface area contributed by atoms with Crippen molar-refractivity contribution in [3.05, 3.63) is 137 Å². The van der Waals surface area contributed by atoms with Crippen LogP contribution in [-0.2, 0) is 9.53 Å². The summed E-state index contributed by atoms with van der Waals surface area (Å²) >= 11 is 1.16. The molecule has 12 heteroatoms. The topological polar surface area (TPSA) is 135 Å². The molecule has 46 heavy (non-hydrogen) atoms. The second kappa shape index (κ2) is 12.7. The van der Waals surface area contributed by atoms with Crippen LogP contribution >= 0.6 is 11.3 Å². The minimum absolute atomic E-state index is 0.0299. The Balaban J connectivity index is 1.54. The fourth-order valence-corrected chi connectivity index (χ4v) is 6.22. The zero-order chi connectivity index (χ0) is 32.4. The molecule has 11 nitrogen and oxygen atoms in total. The Morgan fingerprint density at radius 1 is 1.00 bits per heavy atom. The molecule has 1 aliphatic rings. The Hall–Kier alpha value is -5.75.